The zero-order valence-electron chi connectivity index (χ0n) is 17.5. The van der Waals surface area contributed by atoms with Gasteiger partial charge in [0.1, 0.15) is 17.5 Å². The van der Waals surface area contributed by atoms with Crippen LogP contribution in [0.5, 0.6) is 5.75 Å². The van der Waals surface area contributed by atoms with Crippen LogP contribution in [0.25, 0.3) is 5.57 Å². The van der Waals surface area contributed by atoms with E-state index in [4.69, 9.17) is 9.47 Å². The normalized spacial score (nSPS) is 19.1. The lowest BCUT2D eigenvalue weighted by molar-refractivity contribution is 0.0270. The topological polar surface area (TPSA) is 38.8 Å². The molecule has 0 spiro atoms. The van der Waals surface area contributed by atoms with Gasteiger partial charge in [0.15, 0.2) is 0 Å². The van der Waals surface area contributed by atoms with Crippen molar-refractivity contribution < 1.29 is 14.3 Å². The van der Waals surface area contributed by atoms with Crippen molar-refractivity contribution in [2.24, 2.45) is 0 Å². The highest BCUT2D eigenvalue weighted by Gasteiger charge is 2.27. The third kappa shape index (κ3) is 4.47. The Hall–Kier alpha value is -2.75. The maximum absolute atomic E-state index is 12.3. The van der Waals surface area contributed by atoms with Crippen LogP contribution in [0.2, 0.25) is 0 Å². The minimum absolute atomic E-state index is 0.113. The number of rotatable bonds is 2. The molecule has 2 aromatic carbocycles. The number of hydrogen-bond donors (Lipinski definition) is 0. The van der Waals surface area contributed by atoms with Crippen LogP contribution < -0.4 is 4.74 Å². The van der Waals surface area contributed by atoms with Gasteiger partial charge in [0.25, 0.3) is 0 Å². The summed E-state index contributed by atoms with van der Waals surface area (Å²) in [7, 11) is 0. The van der Waals surface area contributed by atoms with Crippen LogP contribution in [0.3, 0.4) is 0 Å². The SMILES string of the molecule is CC(C)(C)OC(=O)N1CC=C(c2cccc3c2CCC(c2ccccc2)O3)CC1. The Morgan fingerprint density at radius 1 is 1.07 bits per heavy atom. The largest absolute Gasteiger partial charge is 0.485 e. The fraction of sp³-hybridized carbons (Fsp3) is 0.400. The Balaban J connectivity index is 1.49. The second-order valence-corrected chi connectivity index (χ2v) is 8.74. The fourth-order valence-corrected chi connectivity index (χ4v) is 4.03. The van der Waals surface area contributed by atoms with Crippen molar-refractivity contribution in [2.75, 3.05) is 13.1 Å². The molecule has 1 atom stereocenters. The van der Waals surface area contributed by atoms with Gasteiger partial charge >= 0.3 is 6.09 Å². The van der Waals surface area contributed by atoms with Gasteiger partial charge in [-0.25, -0.2) is 4.79 Å². The van der Waals surface area contributed by atoms with Gasteiger partial charge in [0, 0.05) is 18.7 Å². The summed E-state index contributed by atoms with van der Waals surface area (Å²) >= 11 is 0. The monoisotopic (exact) mass is 391 g/mol. The second kappa shape index (κ2) is 7.94. The van der Waals surface area contributed by atoms with Crippen LogP contribution in [0, 0.1) is 0 Å². The molecule has 152 valence electrons. The van der Waals surface area contributed by atoms with Gasteiger partial charge in [-0.3, -0.25) is 0 Å². The van der Waals surface area contributed by atoms with Crippen LogP contribution in [0.4, 0.5) is 4.79 Å². The summed E-state index contributed by atoms with van der Waals surface area (Å²) in [5.74, 6) is 0.984. The highest BCUT2D eigenvalue weighted by atomic mass is 16.6. The lowest BCUT2D eigenvalue weighted by Gasteiger charge is -2.31. The molecule has 0 radical (unpaired) electrons. The smallest absolute Gasteiger partial charge is 0.410 e. The Labute approximate surface area is 173 Å². The van der Waals surface area contributed by atoms with Crippen molar-refractivity contribution in [1.82, 2.24) is 4.90 Å². The summed E-state index contributed by atoms with van der Waals surface area (Å²) in [5, 5.41) is 0. The molecular formula is C25H29NO3. The van der Waals surface area contributed by atoms with Crippen LogP contribution in [-0.2, 0) is 11.2 Å². The minimum Gasteiger partial charge on any atom is -0.485 e. The molecule has 1 unspecified atom stereocenters. The van der Waals surface area contributed by atoms with E-state index in [0.29, 0.717) is 13.1 Å². The summed E-state index contributed by atoms with van der Waals surface area (Å²) in [4.78, 5) is 14.1. The van der Waals surface area contributed by atoms with Gasteiger partial charge in [-0.2, -0.15) is 0 Å². The van der Waals surface area contributed by atoms with Gasteiger partial charge < -0.3 is 14.4 Å². The van der Waals surface area contributed by atoms with E-state index in [1.807, 2.05) is 26.8 Å². The molecular weight excluding hydrogens is 362 g/mol. The summed E-state index contributed by atoms with van der Waals surface area (Å²) in [6.07, 6.45) is 4.84. The zero-order valence-corrected chi connectivity index (χ0v) is 17.5. The molecule has 4 nitrogen and oxygen atoms in total. The molecule has 2 aliphatic heterocycles. The van der Waals surface area contributed by atoms with Gasteiger partial charge in [-0.05, 0) is 62.8 Å². The Bertz CT molecular complexity index is 911. The van der Waals surface area contributed by atoms with Crippen molar-refractivity contribution in [1.29, 1.82) is 0 Å². The Morgan fingerprint density at radius 3 is 2.55 bits per heavy atom. The third-order valence-electron chi connectivity index (χ3n) is 5.44. The molecule has 29 heavy (non-hydrogen) atoms. The molecule has 0 saturated heterocycles. The first-order chi connectivity index (χ1) is 13.9. The van der Waals surface area contributed by atoms with Crippen LogP contribution in [0.15, 0.2) is 54.6 Å². The van der Waals surface area contributed by atoms with Gasteiger partial charge in [0.05, 0.1) is 0 Å². The molecule has 0 bridgehead atoms. The first-order valence-corrected chi connectivity index (χ1v) is 10.4. The molecule has 0 aromatic heterocycles. The number of carbonyl (C=O) groups excluding carboxylic acids is 1. The van der Waals surface area contributed by atoms with Crippen molar-refractivity contribution >= 4 is 11.7 Å². The number of nitrogens with zero attached hydrogens (tertiary/aromatic N) is 1. The first kappa shape index (κ1) is 19.6. The number of fused-ring (bicyclic) bond motifs is 1. The zero-order chi connectivity index (χ0) is 20.4. The van der Waals surface area contributed by atoms with Crippen molar-refractivity contribution in [3.05, 3.63) is 71.3 Å². The summed E-state index contributed by atoms with van der Waals surface area (Å²) in [5.41, 5.74) is 4.61. The van der Waals surface area contributed by atoms with Crippen molar-refractivity contribution in [2.45, 2.75) is 51.7 Å². The van der Waals surface area contributed by atoms with Crippen LogP contribution in [-0.4, -0.2) is 29.7 Å². The average molecular weight is 392 g/mol. The third-order valence-corrected chi connectivity index (χ3v) is 5.44. The molecule has 4 heteroatoms. The molecule has 0 aliphatic carbocycles. The lowest BCUT2D eigenvalue weighted by atomic mass is 9.89. The number of benzene rings is 2. The van der Waals surface area contributed by atoms with Crippen LogP contribution in [0.1, 0.15) is 56.4 Å². The lowest BCUT2D eigenvalue weighted by Crippen LogP contribution is -2.39. The summed E-state index contributed by atoms with van der Waals surface area (Å²) in [6, 6.07) is 16.8. The number of ether oxygens (including phenoxy) is 2. The molecule has 4 rings (SSSR count). The Morgan fingerprint density at radius 2 is 1.86 bits per heavy atom. The molecule has 1 amide bonds. The molecule has 2 aromatic rings. The van der Waals surface area contributed by atoms with Gasteiger partial charge in [-0.15, -0.1) is 0 Å². The van der Waals surface area contributed by atoms with E-state index in [1.54, 1.807) is 4.90 Å². The first-order valence-electron chi connectivity index (χ1n) is 10.4. The number of carbonyl (C=O) groups is 1. The van der Waals surface area contributed by atoms with Gasteiger partial charge in [-0.1, -0.05) is 48.5 Å². The highest BCUT2D eigenvalue weighted by molar-refractivity contribution is 5.75. The summed E-state index contributed by atoms with van der Waals surface area (Å²) < 4.78 is 11.9. The fourth-order valence-electron chi connectivity index (χ4n) is 4.03. The maximum atomic E-state index is 12.3. The van der Waals surface area contributed by atoms with E-state index in [-0.39, 0.29) is 12.2 Å². The van der Waals surface area contributed by atoms with E-state index in [2.05, 4.69) is 48.5 Å². The van der Waals surface area contributed by atoms with E-state index >= 15 is 0 Å². The molecule has 0 saturated carbocycles. The van der Waals surface area contributed by atoms with E-state index in [9.17, 15) is 4.79 Å². The minimum atomic E-state index is -0.466. The maximum Gasteiger partial charge on any atom is 0.410 e. The average Bonchev–Trinajstić information content (AvgIpc) is 2.72. The van der Waals surface area contributed by atoms with E-state index in [0.717, 1.165) is 25.0 Å². The van der Waals surface area contributed by atoms with Gasteiger partial charge in [0.2, 0.25) is 0 Å². The predicted octanol–water partition coefficient (Wildman–Crippen LogP) is 5.78. The number of amides is 1. The molecule has 2 aliphatic rings. The highest BCUT2D eigenvalue weighted by Crippen LogP contribution is 2.39. The van der Waals surface area contributed by atoms with Crippen LogP contribution >= 0.6 is 0 Å². The second-order valence-electron chi connectivity index (χ2n) is 8.74. The standard InChI is InChI=1S/C25H29NO3/c1-25(2,3)29-24(27)26-16-14-18(15-17-26)20-10-7-11-23-21(20)12-13-22(28-23)19-8-5-4-6-9-19/h4-11,14,22H,12-13,15-17H2,1-3H3. The Kier molecular flexibility index (Phi) is 5.35. The number of hydrogen-bond acceptors (Lipinski definition) is 3. The van der Waals surface area contributed by atoms with E-state index < -0.39 is 5.60 Å². The molecule has 0 fully saturated rings. The van der Waals surface area contributed by atoms with E-state index in [1.165, 1.54) is 22.3 Å². The van der Waals surface area contributed by atoms with Crippen molar-refractivity contribution in [3.63, 3.8) is 0 Å². The molecule has 0 N–H and O–H groups in total. The van der Waals surface area contributed by atoms with Crippen molar-refractivity contribution in [3.8, 4) is 5.75 Å². The quantitative estimate of drug-likeness (QED) is 0.652. The molecule has 2 heterocycles. The summed E-state index contributed by atoms with van der Waals surface area (Å²) in [6.45, 7) is 6.96. The predicted molar refractivity (Wildman–Crippen MR) is 115 cm³/mol.